The molecule has 3 aromatic rings. The monoisotopic (exact) mass is 437 g/mol. The van der Waals surface area contributed by atoms with Gasteiger partial charge in [0.15, 0.2) is 5.78 Å². The van der Waals surface area contributed by atoms with E-state index in [0.717, 1.165) is 10.9 Å². The van der Waals surface area contributed by atoms with Gasteiger partial charge in [-0.15, -0.1) is 0 Å². The van der Waals surface area contributed by atoms with Crippen LogP contribution in [0.1, 0.15) is 28.3 Å². The number of halogens is 2. The number of rotatable bonds is 5. The van der Waals surface area contributed by atoms with E-state index in [-0.39, 0.29) is 12.0 Å². The molecule has 24 heavy (non-hydrogen) atoms. The highest BCUT2D eigenvalue weighted by Gasteiger charge is 2.27. The number of aromatic amines is 1. The number of carboxylic acids is 1. The summed E-state index contributed by atoms with van der Waals surface area (Å²) in [5.74, 6) is -3.30. The highest BCUT2D eigenvalue weighted by atomic mass is 127. The summed E-state index contributed by atoms with van der Waals surface area (Å²) in [6, 6.07) is 11.6. The minimum absolute atomic E-state index is 0.0819. The van der Waals surface area contributed by atoms with Gasteiger partial charge in [-0.1, -0.05) is 18.2 Å². The number of carbonyl (C=O) groups is 2. The van der Waals surface area contributed by atoms with Crippen LogP contribution in [-0.4, -0.2) is 21.8 Å². The molecule has 0 amide bonds. The van der Waals surface area contributed by atoms with Gasteiger partial charge >= 0.3 is 5.97 Å². The smallest absolute Gasteiger partial charge is 0.311 e. The van der Waals surface area contributed by atoms with E-state index in [4.69, 9.17) is 0 Å². The van der Waals surface area contributed by atoms with Crippen LogP contribution >= 0.6 is 22.6 Å². The number of Topliss-reactive ketones (excluding diaryl/α,β-unsaturated/α-hetero) is 1. The van der Waals surface area contributed by atoms with Crippen molar-refractivity contribution >= 4 is 45.2 Å². The van der Waals surface area contributed by atoms with E-state index in [1.54, 1.807) is 24.4 Å². The summed E-state index contributed by atoms with van der Waals surface area (Å²) in [5.41, 5.74) is 1.24. The normalized spacial score (nSPS) is 12.2. The fraction of sp³-hybridized carbons (Fsp3) is 0.111. The Balaban J connectivity index is 1.95. The number of carboxylic acid groups (broad SMARTS) is 1. The number of nitrogens with one attached hydrogen (secondary N) is 1. The van der Waals surface area contributed by atoms with Crippen LogP contribution in [0, 0.1) is 9.39 Å². The van der Waals surface area contributed by atoms with Crippen LogP contribution in [-0.2, 0) is 4.79 Å². The molecule has 0 bridgehead atoms. The maximum Gasteiger partial charge on any atom is 0.311 e. The van der Waals surface area contributed by atoms with Crippen LogP contribution in [0.15, 0.2) is 48.7 Å². The number of H-pyrrole nitrogens is 1. The summed E-state index contributed by atoms with van der Waals surface area (Å²) in [5, 5.41) is 10.3. The second-order valence-corrected chi connectivity index (χ2v) is 6.68. The number of aromatic nitrogens is 1. The van der Waals surface area contributed by atoms with E-state index in [1.807, 2.05) is 34.7 Å². The Morgan fingerprint density at radius 3 is 2.67 bits per heavy atom. The lowest BCUT2D eigenvalue weighted by atomic mass is 9.91. The molecule has 0 fully saturated rings. The molecule has 2 aromatic carbocycles. The zero-order valence-corrected chi connectivity index (χ0v) is 14.6. The van der Waals surface area contributed by atoms with Crippen molar-refractivity contribution in [2.75, 3.05) is 0 Å². The van der Waals surface area contributed by atoms with Crippen molar-refractivity contribution < 1.29 is 19.1 Å². The van der Waals surface area contributed by atoms with E-state index in [2.05, 4.69) is 4.98 Å². The quantitative estimate of drug-likeness (QED) is 0.461. The van der Waals surface area contributed by atoms with Crippen LogP contribution in [0.25, 0.3) is 10.9 Å². The minimum atomic E-state index is -1.11. The van der Waals surface area contributed by atoms with Crippen LogP contribution in [0.5, 0.6) is 0 Å². The molecule has 1 aromatic heterocycles. The number of hydrogen-bond acceptors (Lipinski definition) is 2. The molecule has 1 atom stereocenters. The van der Waals surface area contributed by atoms with Crippen LogP contribution in [0.3, 0.4) is 0 Å². The molecule has 0 spiro atoms. The van der Waals surface area contributed by atoms with Gasteiger partial charge in [0.2, 0.25) is 0 Å². The zero-order valence-electron chi connectivity index (χ0n) is 12.4. The molecule has 122 valence electrons. The van der Waals surface area contributed by atoms with Crippen molar-refractivity contribution in [1.29, 1.82) is 0 Å². The van der Waals surface area contributed by atoms with Crippen molar-refractivity contribution in [3.8, 4) is 0 Å². The fourth-order valence-electron chi connectivity index (χ4n) is 2.72. The second-order valence-electron chi connectivity index (χ2n) is 5.43. The largest absolute Gasteiger partial charge is 0.481 e. The van der Waals surface area contributed by atoms with E-state index >= 15 is 0 Å². The van der Waals surface area contributed by atoms with Crippen LogP contribution in [0.4, 0.5) is 4.39 Å². The predicted octanol–water partition coefficient (Wildman–Crippen LogP) is 4.35. The van der Waals surface area contributed by atoms with Crippen molar-refractivity contribution in [3.63, 3.8) is 0 Å². The SMILES string of the molecule is O=C(CC(C(=O)O)c1c[nH]c2ccccc12)c1ccc(I)cc1F. The minimum Gasteiger partial charge on any atom is -0.481 e. The number of ketones is 1. The summed E-state index contributed by atoms with van der Waals surface area (Å²) < 4.78 is 14.6. The average Bonchev–Trinajstić information content (AvgIpc) is 2.96. The first kappa shape index (κ1) is 16.6. The molecule has 0 saturated carbocycles. The third-order valence-corrected chi connectivity index (χ3v) is 4.59. The Hall–Kier alpha value is -2.22. The number of benzene rings is 2. The van der Waals surface area contributed by atoms with Crippen molar-refractivity contribution in [1.82, 2.24) is 4.98 Å². The first-order valence-corrected chi connectivity index (χ1v) is 8.32. The molecule has 1 heterocycles. The predicted molar refractivity (Wildman–Crippen MR) is 96.7 cm³/mol. The van der Waals surface area contributed by atoms with E-state index in [1.165, 1.54) is 12.1 Å². The number of carbonyl (C=O) groups excluding carboxylic acids is 1. The Kier molecular flexibility index (Phi) is 4.66. The van der Waals surface area contributed by atoms with Gasteiger partial charge in [0, 0.05) is 27.1 Å². The molecule has 2 N–H and O–H groups in total. The Morgan fingerprint density at radius 2 is 1.96 bits per heavy atom. The van der Waals surface area contributed by atoms with Gasteiger partial charge in [-0.2, -0.15) is 0 Å². The first-order valence-electron chi connectivity index (χ1n) is 7.24. The third kappa shape index (κ3) is 3.19. The molecule has 4 nitrogen and oxygen atoms in total. The molecular formula is C18H13FINO3. The molecule has 3 rings (SSSR count). The van der Waals surface area contributed by atoms with Gasteiger partial charge in [0.1, 0.15) is 5.82 Å². The Bertz CT molecular complexity index is 935. The summed E-state index contributed by atoms with van der Waals surface area (Å²) in [6.45, 7) is 0. The Morgan fingerprint density at radius 1 is 1.21 bits per heavy atom. The van der Waals surface area contributed by atoms with Gasteiger partial charge in [-0.25, -0.2) is 4.39 Å². The molecule has 0 saturated heterocycles. The van der Waals surface area contributed by atoms with Gasteiger partial charge in [-0.05, 0) is 52.4 Å². The lowest BCUT2D eigenvalue weighted by molar-refractivity contribution is -0.138. The van der Waals surface area contributed by atoms with Crippen LogP contribution in [0.2, 0.25) is 0 Å². The van der Waals surface area contributed by atoms with E-state index in [0.29, 0.717) is 9.13 Å². The van der Waals surface area contributed by atoms with Crippen molar-refractivity contribution in [3.05, 3.63) is 69.2 Å². The highest BCUT2D eigenvalue weighted by Crippen LogP contribution is 2.29. The fourth-order valence-corrected chi connectivity index (χ4v) is 3.18. The van der Waals surface area contributed by atoms with Gasteiger partial charge in [-0.3, -0.25) is 9.59 Å². The summed E-state index contributed by atoms with van der Waals surface area (Å²) in [6.07, 6.45) is 1.30. The molecule has 0 aliphatic heterocycles. The second kappa shape index (κ2) is 6.72. The van der Waals surface area contributed by atoms with Gasteiger partial charge in [0.25, 0.3) is 0 Å². The number of para-hydroxylation sites is 1. The third-order valence-electron chi connectivity index (χ3n) is 3.92. The molecule has 1 unspecified atom stereocenters. The van der Waals surface area contributed by atoms with Crippen molar-refractivity contribution in [2.24, 2.45) is 0 Å². The molecular weight excluding hydrogens is 424 g/mol. The molecule has 0 aliphatic rings. The van der Waals surface area contributed by atoms with Gasteiger partial charge in [0.05, 0.1) is 11.5 Å². The molecule has 6 heteroatoms. The first-order chi connectivity index (χ1) is 11.5. The van der Waals surface area contributed by atoms with Crippen molar-refractivity contribution in [2.45, 2.75) is 12.3 Å². The van der Waals surface area contributed by atoms with Gasteiger partial charge < -0.3 is 10.1 Å². The zero-order chi connectivity index (χ0) is 17.3. The maximum atomic E-state index is 14.0. The molecule has 0 aliphatic carbocycles. The lowest BCUT2D eigenvalue weighted by Gasteiger charge is -2.11. The Labute approximate surface area is 150 Å². The lowest BCUT2D eigenvalue weighted by Crippen LogP contribution is -2.17. The summed E-state index contributed by atoms with van der Waals surface area (Å²) in [7, 11) is 0. The topological polar surface area (TPSA) is 70.2 Å². The average molecular weight is 437 g/mol. The maximum absolute atomic E-state index is 14.0. The number of hydrogen-bond donors (Lipinski definition) is 2. The molecule has 0 radical (unpaired) electrons. The van der Waals surface area contributed by atoms with E-state index < -0.39 is 23.5 Å². The van der Waals surface area contributed by atoms with Crippen LogP contribution < -0.4 is 0 Å². The highest BCUT2D eigenvalue weighted by molar-refractivity contribution is 14.1. The number of fused-ring (bicyclic) bond motifs is 1. The van der Waals surface area contributed by atoms with E-state index in [9.17, 15) is 19.1 Å². The standard InChI is InChI=1S/C18H13FINO3/c19-15-7-10(20)5-6-12(15)17(22)8-13(18(23)24)14-9-21-16-4-2-1-3-11(14)16/h1-7,9,13,21H,8H2,(H,23,24). The number of aliphatic carboxylic acids is 1. The summed E-state index contributed by atoms with van der Waals surface area (Å²) in [4.78, 5) is 27.1. The summed E-state index contributed by atoms with van der Waals surface area (Å²) >= 11 is 1.95.